The molecule has 2 rings (SSSR count). The second kappa shape index (κ2) is 6.80. The minimum Gasteiger partial charge on any atom is -0.481 e. The van der Waals surface area contributed by atoms with E-state index in [0.717, 1.165) is 12.1 Å². The van der Waals surface area contributed by atoms with Crippen LogP contribution < -0.4 is 9.46 Å². The summed E-state index contributed by atoms with van der Waals surface area (Å²) in [5, 5.41) is 0. The molecule has 0 radical (unpaired) electrons. The first-order valence-electron chi connectivity index (χ1n) is 6.31. The largest absolute Gasteiger partial charge is 0.481 e. The predicted octanol–water partition coefficient (Wildman–Crippen LogP) is 1.99. The average Bonchev–Trinajstić information content (AvgIpc) is 2.49. The molecular weight excluding hydrogens is 314 g/mol. The first-order valence-corrected chi connectivity index (χ1v) is 7.96. The summed E-state index contributed by atoms with van der Waals surface area (Å²) in [5.41, 5.74) is -0.0643. The van der Waals surface area contributed by atoms with Crippen molar-refractivity contribution < 1.29 is 21.9 Å². The fourth-order valence-corrected chi connectivity index (χ4v) is 2.89. The summed E-state index contributed by atoms with van der Waals surface area (Å²) >= 11 is 0. The second-order valence-electron chi connectivity index (χ2n) is 4.45. The smallest absolute Gasteiger partial charge is 0.216 e. The third-order valence-corrected chi connectivity index (χ3v) is 4.11. The quantitative estimate of drug-likeness (QED) is 0.880. The van der Waals surface area contributed by atoms with Crippen molar-refractivity contribution in [1.82, 2.24) is 9.71 Å². The lowest BCUT2D eigenvalue weighted by Crippen LogP contribution is -2.26. The molecule has 0 amide bonds. The fourth-order valence-electron chi connectivity index (χ4n) is 1.76. The van der Waals surface area contributed by atoms with Crippen molar-refractivity contribution in [3.05, 3.63) is 59.3 Å². The lowest BCUT2D eigenvalue weighted by Gasteiger charge is -2.08. The lowest BCUT2D eigenvalue weighted by atomic mass is 10.2. The van der Waals surface area contributed by atoms with E-state index in [2.05, 4.69) is 9.71 Å². The van der Waals surface area contributed by atoms with Crippen LogP contribution in [0.25, 0.3) is 0 Å². The van der Waals surface area contributed by atoms with Gasteiger partial charge in [-0.15, -0.1) is 0 Å². The second-order valence-corrected chi connectivity index (χ2v) is 6.26. The minimum absolute atomic E-state index is 0.102. The summed E-state index contributed by atoms with van der Waals surface area (Å²) < 4.78 is 58.0. The molecule has 118 valence electrons. The summed E-state index contributed by atoms with van der Waals surface area (Å²) in [4.78, 5) is 4.04. The molecule has 22 heavy (non-hydrogen) atoms. The summed E-state index contributed by atoms with van der Waals surface area (Å²) in [7, 11) is -2.47. The predicted molar refractivity (Wildman–Crippen MR) is 76.6 cm³/mol. The van der Waals surface area contributed by atoms with Gasteiger partial charge in [0.05, 0.1) is 25.1 Å². The molecule has 2 aromatic rings. The van der Waals surface area contributed by atoms with Gasteiger partial charge in [-0.2, -0.15) is 0 Å². The number of halogens is 2. The Morgan fingerprint density at radius 1 is 1.14 bits per heavy atom. The molecule has 0 fully saturated rings. The van der Waals surface area contributed by atoms with Gasteiger partial charge in [0.25, 0.3) is 0 Å². The number of nitrogens with zero attached hydrogens (tertiary/aromatic N) is 1. The van der Waals surface area contributed by atoms with Crippen LogP contribution >= 0.6 is 0 Å². The molecule has 1 aromatic carbocycles. The molecule has 0 aliphatic rings. The highest BCUT2D eigenvalue weighted by atomic mass is 32.2. The van der Waals surface area contributed by atoms with Gasteiger partial charge in [-0.05, 0) is 18.2 Å². The molecule has 8 heteroatoms. The van der Waals surface area contributed by atoms with Crippen LogP contribution in [0.2, 0.25) is 0 Å². The maximum atomic E-state index is 13.5. The molecule has 1 aromatic heterocycles. The Hall–Kier alpha value is -2.06. The highest BCUT2D eigenvalue weighted by Gasteiger charge is 2.18. The number of pyridine rings is 1. The zero-order valence-electron chi connectivity index (χ0n) is 11.7. The van der Waals surface area contributed by atoms with Crippen LogP contribution in [0.5, 0.6) is 5.88 Å². The van der Waals surface area contributed by atoms with Gasteiger partial charge in [-0.3, -0.25) is 0 Å². The first-order chi connectivity index (χ1) is 10.4. The van der Waals surface area contributed by atoms with Crippen molar-refractivity contribution in [3.8, 4) is 5.88 Å². The van der Waals surface area contributed by atoms with E-state index in [-0.39, 0.29) is 6.54 Å². The standard InChI is InChI=1S/C14H14F2N2O3S/c1-21-14-7-2-4-10(18-14)8-17-22(19,20)9-11-12(15)5-3-6-13(11)16/h2-7,17H,8-9H2,1H3. The molecule has 0 bridgehead atoms. The van der Waals surface area contributed by atoms with Crippen molar-refractivity contribution in [3.63, 3.8) is 0 Å². The number of benzene rings is 1. The van der Waals surface area contributed by atoms with E-state index in [1.165, 1.54) is 13.2 Å². The minimum atomic E-state index is -3.91. The molecule has 0 saturated heterocycles. The summed E-state index contributed by atoms with van der Waals surface area (Å²) in [6, 6.07) is 8.08. The number of ether oxygens (including phenoxy) is 1. The Balaban J connectivity index is 2.08. The van der Waals surface area contributed by atoms with Crippen molar-refractivity contribution >= 4 is 10.0 Å². The highest BCUT2D eigenvalue weighted by Crippen LogP contribution is 2.15. The van der Waals surface area contributed by atoms with Crippen LogP contribution in [0.1, 0.15) is 11.3 Å². The zero-order valence-corrected chi connectivity index (χ0v) is 12.5. The third kappa shape index (κ3) is 4.22. The number of sulfonamides is 1. The van der Waals surface area contributed by atoms with Crippen molar-refractivity contribution in [2.45, 2.75) is 12.3 Å². The highest BCUT2D eigenvalue weighted by molar-refractivity contribution is 7.88. The van der Waals surface area contributed by atoms with Crippen LogP contribution in [0.4, 0.5) is 8.78 Å². The number of nitrogens with one attached hydrogen (secondary N) is 1. The number of methoxy groups -OCH3 is 1. The van der Waals surface area contributed by atoms with Crippen LogP contribution in [-0.2, 0) is 22.3 Å². The Kier molecular flexibility index (Phi) is 5.04. The molecular formula is C14H14F2N2O3S. The van der Waals surface area contributed by atoms with Crippen LogP contribution in [0.15, 0.2) is 36.4 Å². The fraction of sp³-hybridized carbons (Fsp3) is 0.214. The third-order valence-electron chi connectivity index (χ3n) is 2.86. The van der Waals surface area contributed by atoms with E-state index in [4.69, 9.17) is 4.74 Å². The van der Waals surface area contributed by atoms with Gasteiger partial charge in [0, 0.05) is 11.6 Å². The van der Waals surface area contributed by atoms with Gasteiger partial charge in [-0.25, -0.2) is 26.9 Å². The van der Waals surface area contributed by atoms with Gasteiger partial charge in [0.2, 0.25) is 15.9 Å². The normalized spacial score (nSPS) is 11.4. The molecule has 0 saturated carbocycles. The SMILES string of the molecule is COc1cccc(CNS(=O)(=O)Cc2c(F)cccc2F)n1. The van der Waals surface area contributed by atoms with Crippen LogP contribution in [0.3, 0.4) is 0 Å². The van der Waals surface area contributed by atoms with E-state index < -0.39 is 33.0 Å². The Morgan fingerprint density at radius 2 is 1.77 bits per heavy atom. The van der Waals surface area contributed by atoms with Crippen LogP contribution in [-0.4, -0.2) is 20.5 Å². The van der Waals surface area contributed by atoms with Crippen molar-refractivity contribution in [1.29, 1.82) is 0 Å². The monoisotopic (exact) mass is 328 g/mol. The van der Waals surface area contributed by atoms with E-state index in [1.807, 2.05) is 0 Å². The summed E-state index contributed by atoms with van der Waals surface area (Å²) in [6.07, 6.45) is 0. The molecule has 1 heterocycles. The van der Waals surface area contributed by atoms with Crippen molar-refractivity contribution in [2.24, 2.45) is 0 Å². The van der Waals surface area contributed by atoms with Gasteiger partial charge >= 0.3 is 0 Å². The maximum absolute atomic E-state index is 13.5. The van der Waals surface area contributed by atoms with Gasteiger partial charge in [0.1, 0.15) is 11.6 Å². The van der Waals surface area contributed by atoms with Gasteiger partial charge in [-0.1, -0.05) is 12.1 Å². The molecule has 0 spiro atoms. The van der Waals surface area contributed by atoms with E-state index in [9.17, 15) is 17.2 Å². The number of hydrogen-bond acceptors (Lipinski definition) is 4. The molecule has 0 aliphatic carbocycles. The molecule has 0 aliphatic heterocycles. The van der Waals surface area contributed by atoms with E-state index in [0.29, 0.717) is 11.6 Å². The Morgan fingerprint density at radius 3 is 2.41 bits per heavy atom. The molecule has 0 atom stereocenters. The van der Waals surface area contributed by atoms with E-state index >= 15 is 0 Å². The molecule has 5 nitrogen and oxygen atoms in total. The topological polar surface area (TPSA) is 68.3 Å². The summed E-state index contributed by atoms with van der Waals surface area (Å²) in [6.45, 7) is -0.102. The lowest BCUT2D eigenvalue weighted by molar-refractivity contribution is 0.396. The van der Waals surface area contributed by atoms with Crippen molar-refractivity contribution in [2.75, 3.05) is 7.11 Å². The number of hydrogen-bond donors (Lipinski definition) is 1. The van der Waals surface area contributed by atoms with E-state index in [1.54, 1.807) is 18.2 Å². The van der Waals surface area contributed by atoms with Crippen LogP contribution in [0, 0.1) is 11.6 Å². The van der Waals surface area contributed by atoms with Gasteiger partial charge in [0.15, 0.2) is 0 Å². The number of rotatable bonds is 6. The van der Waals surface area contributed by atoms with Gasteiger partial charge < -0.3 is 4.74 Å². The number of aromatic nitrogens is 1. The maximum Gasteiger partial charge on any atom is 0.216 e. The Labute approximate surface area is 127 Å². The zero-order chi connectivity index (χ0) is 16.2. The summed E-state index contributed by atoms with van der Waals surface area (Å²) in [5.74, 6) is -2.23. The molecule has 0 unspecified atom stereocenters. The Bertz CT molecular complexity index is 746. The molecule has 1 N–H and O–H groups in total. The average molecular weight is 328 g/mol. The first kappa shape index (κ1) is 16.3.